The van der Waals surface area contributed by atoms with Crippen LogP contribution in [0.15, 0.2) is 176 Å². The van der Waals surface area contributed by atoms with E-state index in [0.717, 1.165) is 34.2 Å². The maximum atomic E-state index is 6.26. The number of ether oxygens (including phenoxy) is 2. The predicted octanol–water partition coefficient (Wildman–Crippen LogP) is 17.1. The maximum absolute atomic E-state index is 6.26. The van der Waals surface area contributed by atoms with Gasteiger partial charge in [-0.15, -0.1) is 11.3 Å². The van der Waals surface area contributed by atoms with Crippen molar-refractivity contribution in [3.63, 3.8) is 0 Å². The monoisotopic (exact) mass is 980 g/mol. The van der Waals surface area contributed by atoms with Crippen molar-refractivity contribution in [2.24, 2.45) is 0 Å². The van der Waals surface area contributed by atoms with Gasteiger partial charge in [-0.2, -0.15) is 0 Å². The third-order valence-corrected chi connectivity index (χ3v) is 16.9. The van der Waals surface area contributed by atoms with Gasteiger partial charge in [0.15, 0.2) is 11.5 Å². The van der Waals surface area contributed by atoms with E-state index in [9.17, 15) is 0 Å². The molecule has 0 radical (unpaired) electrons. The van der Waals surface area contributed by atoms with Crippen molar-refractivity contribution < 1.29 is 9.47 Å². The Hall–Kier alpha value is -7.54. The summed E-state index contributed by atoms with van der Waals surface area (Å²) in [6.07, 6.45) is 0. The minimum Gasteiger partial charge on any atom is -0.454 e. The van der Waals surface area contributed by atoms with E-state index in [2.05, 4.69) is 255 Å². The first-order valence-corrected chi connectivity index (χ1v) is 27.0. The van der Waals surface area contributed by atoms with E-state index in [1.54, 1.807) is 0 Å². The second-order valence-corrected chi connectivity index (χ2v) is 25.0. The van der Waals surface area contributed by atoms with E-state index in [1.165, 1.54) is 104 Å². The molecule has 4 heterocycles. The summed E-state index contributed by atoms with van der Waals surface area (Å²) in [5, 5.41) is 2.61. The molecule has 3 aliphatic rings. The molecule has 13 rings (SSSR count). The summed E-state index contributed by atoms with van der Waals surface area (Å²) >= 11 is 1.87. The lowest BCUT2D eigenvalue weighted by Crippen LogP contribution is -2.61. The number of thiophene rings is 1. The Labute approximate surface area is 440 Å². The van der Waals surface area contributed by atoms with Gasteiger partial charge in [-0.1, -0.05) is 165 Å². The molecule has 0 bridgehead atoms. The normalized spacial score (nSPS) is 13.9. The van der Waals surface area contributed by atoms with Crippen molar-refractivity contribution in [3.8, 4) is 44.9 Å². The summed E-state index contributed by atoms with van der Waals surface area (Å²) in [6, 6.07) is 67.2. The van der Waals surface area contributed by atoms with Crippen molar-refractivity contribution in [3.05, 3.63) is 198 Å². The van der Waals surface area contributed by atoms with Crippen LogP contribution in [0.3, 0.4) is 0 Å². The Morgan fingerprint density at radius 1 is 0.405 bits per heavy atom. The molecule has 1 aromatic heterocycles. The molecular weight excluding hydrogens is 920 g/mol. The lowest BCUT2D eigenvalue weighted by molar-refractivity contribution is 0.174. The first-order valence-electron chi connectivity index (χ1n) is 26.2. The van der Waals surface area contributed by atoms with Gasteiger partial charge in [0.05, 0.1) is 0 Å². The molecule has 0 amide bonds. The minimum atomic E-state index is -0.119. The van der Waals surface area contributed by atoms with E-state index in [4.69, 9.17) is 9.47 Å². The van der Waals surface area contributed by atoms with Crippen molar-refractivity contribution >= 4 is 88.7 Å². The molecule has 10 aromatic rings. The van der Waals surface area contributed by atoms with Crippen LogP contribution in [0.5, 0.6) is 11.5 Å². The van der Waals surface area contributed by atoms with Crippen LogP contribution in [0.25, 0.3) is 53.6 Å². The van der Waals surface area contributed by atoms with Crippen LogP contribution in [0.1, 0.15) is 84.6 Å². The fourth-order valence-electron chi connectivity index (χ4n) is 11.7. The fraction of sp³-hybridized carbons (Fsp3) is 0.206. The smallest absolute Gasteiger partial charge is 0.252 e. The lowest BCUT2D eigenvalue weighted by atomic mass is 9.33. The Balaban J connectivity index is 1.08. The molecule has 9 aromatic carbocycles. The molecule has 74 heavy (non-hydrogen) atoms. The molecule has 364 valence electrons. The second kappa shape index (κ2) is 16.7. The highest BCUT2D eigenvalue weighted by molar-refractivity contribution is 7.25. The second-order valence-electron chi connectivity index (χ2n) is 23.9. The van der Waals surface area contributed by atoms with E-state index < -0.39 is 0 Å². The number of aryl methyl sites for hydroxylation is 1. The molecular formula is C68H61BN2O2S. The van der Waals surface area contributed by atoms with Gasteiger partial charge in [0.1, 0.15) is 0 Å². The Morgan fingerprint density at radius 3 is 1.51 bits per heavy atom. The summed E-state index contributed by atoms with van der Waals surface area (Å²) in [6.45, 7) is 22.9. The lowest BCUT2D eigenvalue weighted by Gasteiger charge is -2.44. The summed E-state index contributed by atoms with van der Waals surface area (Å²) in [5.74, 6) is 1.56. The number of hydrogen-bond donors (Lipinski definition) is 0. The molecule has 4 nitrogen and oxygen atoms in total. The highest BCUT2D eigenvalue weighted by atomic mass is 32.1. The molecule has 6 heteroatoms. The average molecular weight is 981 g/mol. The molecule has 0 spiro atoms. The van der Waals surface area contributed by atoms with Crippen LogP contribution in [-0.2, 0) is 16.2 Å². The fourth-order valence-corrected chi connectivity index (χ4v) is 12.8. The zero-order valence-corrected chi connectivity index (χ0v) is 45.0. The van der Waals surface area contributed by atoms with Crippen molar-refractivity contribution in [2.75, 3.05) is 16.6 Å². The van der Waals surface area contributed by atoms with E-state index >= 15 is 0 Å². The molecule has 0 fully saturated rings. The van der Waals surface area contributed by atoms with Gasteiger partial charge in [-0.25, -0.2) is 0 Å². The van der Waals surface area contributed by atoms with Crippen LogP contribution in [-0.4, -0.2) is 13.5 Å². The maximum Gasteiger partial charge on any atom is 0.252 e. The van der Waals surface area contributed by atoms with Crippen LogP contribution in [0, 0.1) is 6.92 Å². The summed E-state index contributed by atoms with van der Waals surface area (Å²) in [4.78, 5) is 5.04. The van der Waals surface area contributed by atoms with Crippen LogP contribution < -0.4 is 35.7 Å². The zero-order chi connectivity index (χ0) is 51.0. The molecule has 3 aliphatic heterocycles. The largest absolute Gasteiger partial charge is 0.454 e. The van der Waals surface area contributed by atoms with Crippen molar-refractivity contribution in [2.45, 2.75) is 85.5 Å². The number of hydrogen-bond acceptors (Lipinski definition) is 5. The standard InChI is InChI=1S/C68H61BN2O2S/c1-41-31-59-65-60(32-41)71(52-34-46(42-15-21-48(22-16-42)66(2,3)4)33-47(35-52)43-17-23-49(24-18-43)67(5,6)7)57-30-20-44(45-19-29-54-53-13-11-12-14-63(53)74-64(54)37-45)36-55(57)69(65)56-38-61-62(73-40-72-61)39-58(56)70(59)51-27-25-50(26-28-51)68(8,9)10/h11-39H,40H2,1-10H3. The third-order valence-electron chi connectivity index (χ3n) is 15.8. The number of fused-ring (bicyclic) bond motifs is 8. The quantitative estimate of drug-likeness (QED) is 0.160. The molecule has 0 saturated carbocycles. The van der Waals surface area contributed by atoms with Gasteiger partial charge in [0, 0.05) is 60.4 Å². The van der Waals surface area contributed by atoms with E-state index in [0.29, 0.717) is 0 Å². The van der Waals surface area contributed by atoms with E-state index in [1.807, 2.05) is 11.3 Å². The number of anilines is 6. The topological polar surface area (TPSA) is 24.9 Å². The number of benzene rings is 9. The van der Waals surface area contributed by atoms with Crippen LogP contribution in [0.2, 0.25) is 0 Å². The van der Waals surface area contributed by atoms with Gasteiger partial charge in [-0.3, -0.25) is 0 Å². The van der Waals surface area contributed by atoms with Crippen molar-refractivity contribution in [1.29, 1.82) is 0 Å². The highest BCUT2D eigenvalue weighted by Gasteiger charge is 2.45. The summed E-state index contributed by atoms with van der Waals surface area (Å²) < 4.78 is 15.1. The molecule has 0 unspecified atom stereocenters. The van der Waals surface area contributed by atoms with Crippen LogP contribution in [0.4, 0.5) is 34.1 Å². The van der Waals surface area contributed by atoms with Crippen LogP contribution >= 0.6 is 11.3 Å². The van der Waals surface area contributed by atoms with Gasteiger partial charge in [0.25, 0.3) is 6.71 Å². The molecule has 0 aliphatic carbocycles. The highest BCUT2D eigenvalue weighted by Crippen LogP contribution is 2.49. The molecule has 0 N–H and O–H groups in total. The zero-order valence-electron chi connectivity index (χ0n) is 44.1. The van der Waals surface area contributed by atoms with Gasteiger partial charge < -0.3 is 19.3 Å². The Kier molecular flexibility index (Phi) is 10.5. The molecule has 0 saturated heterocycles. The van der Waals surface area contributed by atoms with E-state index in [-0.39, 0.29) is 29.8 Å². The van der Waals surface area contributed by atoms with Gasteiger partial charge >= 0.3 is 0 Å². The predicted molar refractivity (Wildman–Crippen MR) is 317 cm³/mol. The minimum absolute atomic E-state index is 0.0119. The van der Waals surface area contributed by atoms with Crippen molar-refractivity contribution in [1.82, 2.24) is 0 Å². The third kappa shape index (κ3) is 7.71. The molecule has 0 atom stereocenters. The number of rotatable bonds is 5. The first kappa shape index (κ1) is 46.3. The van der Waals surface area contributed by atoms with Gasteiger partial charge in [-0.05, 0) is 162 Å². The summed E-state index contributed by atoms with van der Waals surface area (Å²) in [5.41, 5.74) is 22.9. The average Bonchev–Trinajstić information content (AvgIpc) is 4.01. The summed E-state index contributed by atoms with van der Waals surface area (Å²) in [7, 11) is 0. The van der Waals surface area contributed by atoms with Gasteiger partial charge in [0.2, 0.25) is 6.79 Å². The Morgan fingerprint density at radius 2 is 0.905 bits per heavy atom. The SMILES string of the molecule is Cc1cc2c3c(c1)N(c1ccc(C(C)(C)C)cc1)c1cc4c(cc1B3c1cc(-c3ccc5c(c3)sc3ccccc35)ccc1N2c1cc(-c2ccc(C(C)(C)C)cc2)cc(-c2ccc(C(C)(C)C)cc2)c1)OCO4. The number of nitrogens with zero attached hydrogens (tertiary/aromatic N) is 2. The first-order chi connectivity index (χ1) is 35.4. The Bertz CT molecular complexity index is 3810.